The quantitative estimate of drug-likeness (QED) is 0.316. The van der Waals surface area contributed by atoms with Gasteiger partial charge in [-0.25, -0.2) is 0 Å². The summed E-state index contributed by atoms with van der Waals surface area (Å²) in [6.45, 7) is 2.14. The molecule has 0 aromatic carbocycles. The topological polar surface area (TPSA) is 91.1 Å². The summed E-state index contributed by atoms with van der Waals surface area (Å²) in [5.74, 6) is 0. The normalized spacial score (nSPS) is 9.21. The van der Waals surface area contributed by atoms with Crippen LogP contribution < -0.4 is 0 Å². The molecule has 1 aromatic heterocycles. The van der Waals surface area contributed by atoms with Gasteiger partial charge < -0.3 is 0 Å². The molecule has 0 bridgehead atoms. The van der Waals surface area contributed by atoms with Crippen molar-refractivity contribution in [3.8, 4) is 0 Å². The smallest absolute Gasteiger partial charge is 0.108 e. The molecule has 0 aliphatic carbocycles. The van der Waals surface area contributed by atoms with E-state index in [2.05, 4.69) is 20.2 Å². The minimum absolute atomic E-state index is 0.0605. The van der Waals surface area contributed by atoms with Crippen molar-refractivity contribution < 1.29 is 0 Å². The van der Waals surface area contributed by atoms with E-state index >= 15 is 0 Å². The van der Waals surface area contributed by atoms with E-state index in [4.69, 9.17) is 5.53 Å². The highest BCUT2D eigenvalue weighted by Gasteiger charge is 2.04. The van der Waals surface area contributed by atoms with Gasteiger partial charge in [-0.15, -0.1) is 0 Å². The predicted molar refractivity (Wildman–Crippen MR) is 51.3 cm³/mol. The van der Waals surface area contributed by atoms with Crippen LogP contribution in [0, 0.1) is 11.8 Å². The highest BCUT2D eigenvalue weighted by Crippen LogP contribution is 2.14. The minimum Gasteiger partial charge on any atom is -0.264 e. The van der Waals surface area contributed by atoms with E-state index in [1.807, 2.05) is 6.92 Å². The lowest BCUT2D eigenvalue weighted by Gasteiger charge is -2.05. The maximum Gasteiger partial charge on any atom is 0.108 e. The van der Waals surface area contributed by atoms with Crippen LogP contribution in [0.1, 0.15) is 16.7 Å². The van der Waals surface area contributed by atoms with E-state index in [9.17, 15) is 4.91 Å². The highest BCUT2D eigenvalue weighted by molar-refractivity contribution is 5.30. The van der Waals surface area contributed by atoms with Crippen LogP contribution in [0.5, 0.6) is 0 Å². The zero-order chi connectivity index (χ0) is 10.4. The molecule has 0 radical (unpaired) electrons. The Morgan fingerprint density at radius 1 is 1.50 bits per heavy atom. The van der Waals surface area contributed by atoms with Crippen LogP contribution >= 0.6 is 0 Å². The summed E-state index contributed by atoms with van der Waals surface area (Å²) >= 11 is 0. The van der Waals surface area contributed by atoms with Gasteiger partial charge in [0.2, 0.25) is 0 Å². The first-order valence-corrected chi connectivity index (χ1v) is 4.02. The lowest BCUT2D eigenvalue weighted by molar-refractivity contribution is 0.934. The zero-order valence-electron chi connectivity index (χ0n) is 7.71. The largest absolute Gasteiger partial charge is 0.264 e. The first-order valence-electron chi connectivity index (χ1n) is 4.02. The molecule has 0 fully saturated rings. The van der Waals surface area contributed by atoms with Gasteiger partial charge in [0.05, 0.1) is 6.54 Å². The summed E-state index contributed by atoms with van der Waals surface area (Å²) in [4.78, 5) is 16.7. The second-order valence-corrected chi connectivity index (χ2v) is 2.77. The van der Waals surface area contributed by atoms with Crippen LogP contribution in [-0.2, 0) is 13.1 Å². The maximum absolute atomic E-state index is 10.1. The van der Waals surface area contributed by atoms with Crippen molar-refractivity contribution in [2.45, 2.75) is 20.0 Å². The van der Waals surface area contributed by atoms with Gasteiger partial charge in [0.25, 0.3) is 0 Å². The number of nitrogens with zero attached hydrogens (tertiary/aromatic N) is 5. The molecular weight excluding hydrogens is 182 g/mol. The van der Waals surface area contributed by atoms with Gasteiger partial charge in [0.1, 0.15) is 6.54 Å². The van der Waals surface area contributed by atoms with E-state index in [-0.39, 0.29) is 13.1 Å². The van der Waals surface area contributed by atoms with Crippen LogP contribution in [0.2, 0.25) is 0 Å². The van der Waals surface area contributed by atoms with Crippen LogP contribution in [0.4, 0.5) is 0 Å². The second-order valence-electron chi connectivity index (χ2n) is 2.77. The Hall–Kier alpha value is -1.94. The third kappa shape index (κ3) is 2.27. The Balaban J connectivity index is 3.07. The lowest BCUT2D eigenvalue weighted by atomic mass is 10.1. The number of pyridine rings is 1. The molecule has 0 unspecified atom stereocenters. The standard InChI is InChI=1S/C8H9N5O/c1-6-2-10-3-7(4-12-14)8(6)5-11-13-9/h2-3H,4-5H2,1H3. The van der Waals surface area contributed by atoms with Crippen molar-refractivity contribution in [2.24, 2.45) is 10.3 Å². The van der Waals surface area contributed by atoms with Gasteiger partial charge in [-0.1, -0.05) is 10.3 Å². The van der Waals surface area contributed by atoms with Gasteiger partial charge in [-0.3, -0.25) is 4.98 Å². The van der Waals surface area contributed by atoms with E-state index in [0.29, 0.717) is 5.56 Å². The Morgan fingerprint density at radius 3 is 2.93 bits per heavy atom. The molecule has 14 heavy (non-hydrogen) atoms. The molecule has 6 nitrogen and oxygen atoms in total. The fourth-order valence-electron chi connectivity index (χ4n) is 1.18. The number of rotatable bonds is 4. The summed E-state index contributed by atoms with van der Waals surface area (Å²) in [6, 6.07) is 0. The molecule has 0 atom stereocenters. The van der Waals surface area contributed by atoms with Crippen molar-refractivity contribution in [3.63, 3.8) is 0 Å². The highest BCUT2D eigenvalue weighted by atomic mass is 16.3. The van der Waals surface area contributed by atoms with Crippen molar-refractivity contribution >= 4 is 0 Å². The number of hydrogen-bond donors (Lipinski definition) is 0. The summed E-state index contributed by atoms with van der Waals surface area (Å²) in [5, 5.41) is 6.25. The van der Waals surface area contributed by atoms with Crippen molar-refractivity contribution in [1.29, 1.82) is 0 Å². The molecule has 0 saturated heterocycles. The molecule has 0 aliphatic rings. The molecule has 1 aromatic rings. The number of nitroso groups, excluding NO2 is 1. The molecule has 1 rings (SSSR count). The summed E-state index contributed by atoms with van der Waals surface area (Å²) < 4.78 is 0. The fraction of sp³-hybridized carbons (Fsp3) is 0.375. The van der Waals surface area contributed by atoms with Crippen molar-refractivity contribution in [1.82, 2.24) is 4.98 Å². The molecule has 0 N–H and O–H groups in total. The molecule has 6 heteroatoms. The Morgan fingerprint density at radius 2 is 2.29 bits per heavy atom. The van der Waals surface area contributed by atoms with Crippen LogP contribution in [-0.4, -0.2) is 4.98 Å². The predicted octanol–water partition coefficient (Wildman–Crippen LogP) is 2.47. The molecule has 72 valence electrons. The summed E-state index contributed by atoms with van der Waals surface area (Å²) in [6.07, 6.45) is 3.23. The summed E-state index contributed by atoms with van der Waals surface area (Å²) in [7, 11) is 0. The second kappa shape index (κ2) is 4.94. The minimum atomic E-state index is 0.0605. The van der Waals surface area contributed by atoms with Crippen LogP contribution in [0.3, 0.4) is 0 Å². The van der Waals surface area contributed by atoms with Gasteiger partial charge in [-0.2, -0.15) is 4.91 Å². The van der Waals surface area contributed by atoms with E-state index < -0.39 is 0 Å². The summed E-state index contributed by atoms with van der Waals surface area (Å²) in [5.41, 5.74) is 10.6. The van der Waals surface area contributed by atoms with Crippen molar-refractivity contribution in [3.05, 3.63) is 44.4 Å². The number of aromatic nitrogens is 1. The number of aryl methyl sites for hydroxylation is 1. The monoisotopic (exact) mass is 191 g/mol. The molecular formula is C8H9N5O. The van der Waals surface area contributed by atoms with E-state index in [1.165, 1.54) is 0 Å². The maximum atomic E-state index is 10.1. The lowest BCUT2D eigenvalue weighted by Crippen LogP contribution is -1.96. The van der Waals surface area contributed by atoms with Gasteiger partial charge in [0, 0.05) is 17.3 Å². The first-order chi connectivity index (χ1) is 6.79. The first kappa shape index (κ1) is 10.1. The number of hydrogen-bond acceptors (Lipinski definition) is 4. The van der Waals surface area contributed by atoms with E-state index in [0.717, 1.165) is 11.1 Å². The molecule has 0 aliphatic heterocycles. The third-order valence-corrected chi connectivity index (χ3v) is 1.89. The third-order valence-electron chi connectivity index (χ3n) is 1.89. The fourth-order valence-corrected chi connectivity index (χ4v) is 1.18. The molecule has 1 heterocycles. The van der Waals surface area contributed by atoms with E-state index in [1.54, 1.807) is 12.4 Å². The SMILES string of the molecule is Cc1cncc(CN=O)c1CN=[N+]=[N-]. The Bertz CT molecular complexity index is 383. The Labute approximate surface area is 80.6 Å². The van der Waals surface area contributed by atoms with Crippen molar-refractivity contribution in [2.75, 3.05) is 0 Å². The molecule has 0 saturated carbocycles. The molecule has 0 amide bonds. The van der Waals surface area contributed by atoms with Crippen LogP contribution in [0.25, 0.3) is 10.4 Å². The Kier molecular flexibility index (Phi) is 3.58. The number of azide groups is 1. The average Bonchev–Trinajstić information content (AvgIpc) is 2.18. The van der Waals surface area contributed by atoms with Crippen LogP contribution in [0.15, 0.2) is 22.7 Å². The average molecular weight is 191 g/mol. The zero-order valence-corrected chi connectivity index (χ0v) is 7.71. The van der Waals surface area contributed by atoms with Gasteiger partial charge in [-0.05, 0) is 29.1 Å². The molecule has 0 spiro atoms. The van der Waals surface area contributed by atoms with Gasteiger partial charge in [0.15, 0.2) is 0 Å². The van der Waals surface area contributed by atoms with Gasteiger partial charge >= 0.3 is 0 Å².